The number of rotatable bonds is 15. The van der Waals surface area contributed by atoms with Crippen LogP contribution >= 0.6 is 0 Å². The smallest absolute Gasteiger partial charge is 0.335 e. The number of carboxylic acid groups (broad SMARTS) is 4. The number of benzene rings is 7. The van der Waals surface area contributed by atoms with Gasteiger partial charge in [-0.3, -0.25) is 13.7 Å². The fourth-order valence-electron chi connectivity index (χ4n) is 9.54. The van der Waals surface area contributed by atoms with Gasteiger partial charge in [0.2, 0.25) is 0 Å². The number of hydrogen-bond donors (Lipinski definition) is 12. The highest BCUT2D eigenvalue weighted by atomic mass is 32.2. The maximum atomic E-state index is 13.5. The number of amides is 4. The van der Waals surface area contributed by atoms with Gasteiger partial charge in [-0.25, -0.2) is 33.8 Å². The quantitative estimate of drug-likeness (QED) is 0.0335. The third-order valence-corrected chi connectivity index (χ3v) is 15.8. The molecule has 6 aromatic carbocycles. The van der Waals surface area contributed by atoms with E-state index in [1.54, 1.807) is 39.8 Å². The number of anilines is 6. The number of nitrogens with one attached hydrogen (secondary N) is 5. The van der Waals surface area contributed by atoms with Crippen LogP contribution in [0.25, 0.3) is 33.4 Å². The highest BCUT2D eigenvalue weighted by Gasteiger charge is 2.30. The van der Waals surface area contributed by atoms with Gasteiger partial charge in [0, 0.05) is 51.3 Å². The maximum Gasteiger partial charge on any atom is 0.335 e. The minimum absolute atomic E-state index is 0.0121. The number of aryl methyl sites for hydroxylation is 4. The van der Waals surface area contributed by atoms with E-state index in [4.69, 9.17) is 4.42 Å². The van der Waals surface area contributed by atoms with Crippen molar-refractivity contribution < 1.29 is 92.5 Å². The molecule has 6 aromatic rings. The Kier molecular flexibility index (Phi) is 16.0. The van der Waals surface area contributed by atoms with Crippen molar-refractivity contribution >= 4 is 117 Å². The number of aromatic carboxylic acids is 4. The van der Waals surface area contributed by atoms with Crippen molar-refractivity contribution in [3.63, 3.8) is 0 Å². The van der Waals surface area contributed by atoms with Gasteiger partial charge in [0.05, 0.1) is 50.4 Å². The molecule has 0 saturated carbocycles. The Labute approximate surface area is 475 Å². The first-order valence-electron chi connectivity index (χ1n) is 24.1. The molecule has 1 aliphatic carbocycles. The highest BCUT2D eigenvalue weighted by molar-refractivity contribution is 7.86. The van der Waals surface area contributed by atoms with Crippen LogP contribution in [0.4, 0.5) is 49.4 Å². The number of hydrogen-bond acceptors (Lipinski definition) is 15. The first-order valence-corrected chi connectivity index (χ1v) is 28.5. The molecule has 0 saturated heterocycles. The summed E-state index contributed by atoms with van der Waals surface area (Å²) < 4.78 is 119. The lowest BCUT2D eigenvalue weighted by atomic mass is 9.93. The molecule has 0 radical (unpaired) electrons. The lowest BCUT2D eigenvalue weighted by molar-refractivity contribution is 0.0676. The standard InChI is InChI=1S/C55H46N6O20S3/c1-23-11-25(3)48(60-54(70)56-33-15-29(50(62)63)13-30(16-33)51(64)65)27(5)46(23)58-38-21-40-36(19-43(38)83(75,76)77)45(35-9-7-8-10-42(35)82(72,73)74)37-20-44(84(78,79)80)39(22-41(37)81-40)59-47-24(2)12-26(4)49(28(47)6)61-55(71)57-34-17-31(52(66)67)14-32(18-34)53(68)69/h7-22,58H,1-6H3,(H,62,63)(H,64,65)(H,66,67)(H,68,69)(H2,56,60,70)(H2,57,61,71)(H,72,73,74)(H,75,76,77)(H,78,79,80)/b59-39-. The summed E-state index contributed by atoms with van der Waals surface area (Å²) in [5.41, 5.74) is -1.36. The average molecular weight is 1210 g/mol. The lowest BCUT2D eigenvalue weighted by Gasteiger charge is -2.22. The van der Waals surface area contributed by atoms with Crippen molar-refractivity contribution in [2.45, 2.75) is 56.2 Å². The summed E-state index contributed by atoms with van der Waals surface area (Å²) >= 11 is 0. The van der Waals surface area contributed by atoms with E-state index in [9.17, 15) is 88.1 Å². The minimum Gasteiger partial charge on any atom is -0.478 e. The number of carboxylic acids is 4. The number of urea groups is 2. The van der Waals surface area contributed by atoms with Gasteiger partial charge in [0.1, 0.15) is 26.0 Å². The van der Waals surface area contributed by atoms with Crippen LogP contribution in [-0.4, -0.2) is 95.3 Å². The van der Waals surface area contributed by atoms with E-state index in [0.717, 1.165) is 66.7 Å². The van der Waals surface area contributed by atoms with E-state index in [-0.39, 0.29) is 78.7 Å². The first-order chi connectivity index (χ1) is 39.1. The van der Waals surface area contributed by atoms with E-state index in [0.29, 0.717) is 22.3 Å². The number of nitrogens with zero attached hydrogens (tertiary/aromatic N) is 1. The van der Waals surface area contributed by atoms with Gasteiger partial charge in [-0.05, 0) is 130 Å². The fraction of sp³-hybridized carbons (Fsp3) is 0.109. The molecule has 434 valence electrons. The van der Waals surface area contributed by atoms with Gasteiger partial charge in [-0.2, -0.15) is 25.3 Å². The minimum atomic E-state index is -5.36. The van der Waals surface area contributed by atoms with Crippen molar-refractivity contribution in [2.24, 2.45) is 4.99 Å². The Bertz CT molecular complexity index is 4570. The normalized spacial score (nSPS) is 12.0. The molecule has 0 aromatic heterocycles. The summed E-state index contributed by atoms with van der Waals surface area (Å²) in [6.45, 7) is 9.42. The molecule has 0 spiro atoms. The van der Waals surface area contributed by atoms with Crippen molar-refractivity contribution in [3.05, 3.63) is 158 Å². The van der Waals surface area contributed by atoms with Crippen molar-refractivity contribution in [2.75, 3.05) is 26.6 Å². The third kappa shape index (κ3) is 12.4. The van der Waals surface area contributed by atoms with Crippen LogP contribution in [0, 0.1) is 41.5 Å². The molecule has 84 heavy (non-hydrogen) atoms. The van der Waals surface area contributed by atoms with E-state index < -0.39 is 114 Å². The maximum absolute atomic E-state index is 13.5. The predicted molar refractivity (Wildman–Crippen MR) is 304 cm³/mol. The Morgan fingerprint density at radius 3 is 1.39 bits per heavy atom. The Hall–Kier alpha value is -10.0. The zero-order valence-corrected chi connectivity index (χ0v) is 46.8. The third-order valence-electron chi connectivity index (χ3n) is 13.1. The van der Waals surface area contributed by atoms with Crippen LogP contribution in [0.1, 0.15) is 74.8 Å². The zero-order chi connectivity index (χ0) is 61.8. The molecule has 0 unspecified atom stereocenters. The van der Waals surface area contributed by atoms with Crippen LogP contribution in [-0.2, 0) is 30.4 Å². The van der Waals surface area contributed by atoms with Crippen LogP contribution in [0.2, 0.25) is 0 Å². The van der Waals surface area contributed by atoms with Gasteiger partial charge in [-0.1, -0.05) is 30.3 Å². The second-order valence-corrected chi connectivity index (χ2v) is 23.2. The SMILES string of the molecule is Cc1cc(C)c(NC(=O)Nc2cc(C(=O)O)cc(C(=O)O)c2)c(C)c1/N=c1/cc2oc3cc(Nc4c(C)cc(C)c(NC(=O)Nc5cc(C(=O)O)cc(C(=O)O)c5)c4C)c(S(=O)(=O)O)cc3c(-c3ccccc3S(=O)(=O)O)c-2cc1S(=O)(=O)O. The van der Waals surface area contributed by atoms with Gasteiger partial charge in [-0.15, -0.1) is 0 Å². The van der Waals surface area contributed by atoms with E-state index in [1.807, 2.05) is 0 Å². The second kappa shape index (κ2) is 22.4. The van der Waals surface area contributed by atoms with Crippen molar-refractivity contribution in [1.82, 2.24) is 0 Å². The Morgan fingerprint density at radius 2 is 0.917 bits per heavy atom. The topological polar surface area (TPSA) is 432 Å². The highest BCUT2D eigenvalue weighted by Crippen LogP contribution is 2.46. The molecule has 0 bridgehead atoms. The molecule has 2 aliphatic rings. The molecule has 0 atom stereocenters. The monoisotopic (exact) mass is 1210 g/mol. The van der Waals surface area contributed by atoms with Crippen LogP contribution in [0.5, 0.6) is 0 Å². The van der Waals surface area contributed by atoms with Gasteiger partial charge in [0.15, 0.2) is 0 Å². The molecule has 8 rings (SSSR count). The summed E-state index contributed by atoms with van der Waals surface area (Å²) in [5, 5.41) is 50.3. The molecular formula is C55H46N6O20S3. The molecule has 26 nitrogen and oxygen atoms in total. The molecule has 4 amide bonds. The van der Waals surface area contributed by atoms with Crippen molar-refractivity contribution in [1.29, 1.82) is 0 Å². The largest absolute Gasteiger partial charge is 0.478 e. The van der Waals surface area contributed by atoms with Crippen LogP contribution in [0.3, 0.4) is 0 Å². The van der Waals surface area contributed by atoms with E-state index >= 15 is 0 Å². The molecule has 1 heterocycles. The molecule has 12 N–H and O–H groups in total. The summed E-state index contributed by atoms with van der Waals surface area (Å²) in [6.07, 6.45) is 0. The van der Waals surface area contributed by atoms with Crippen LogP contribution in [0.15, 0.2) is 121 Å². The molecule has 29 heteroatoms. The zero-order valence-electron chi connectivity index (χ0n) is 44.3. The van der Waals surface area contributed by atoms with E-state index in [1.165, 1.54) is 32.0 Å². The number of carbonyl (C=O) groups excluding carboxylic acids is 2. The number of fused-ring (bicyclic) bond motifs is 2. The molecule has 1 aliphatic heterocycles. The van der Waals surface area contributed by atoms with Gasteiger partial charge < -0.3 is 51.4 Å². The summed E-state index contributed by atoms with van der Waals surface area (Å²) in [4.78, 5) is 75.9. The summed E-state index contributed by atoms with van der Waals surface area (Å²) in [6, 6.07) is 15.7. The Balaban J connectivity index is 1.32. The fourth-order valence-corrected chi connectivity index (χ4v) is 11.5. The number of carbonyl (C=O) groups is 6. The lowest BCUT2D eigenvalue weighted by Crippen LogP contribution is -2.21. The summed E-state index contributed by atoms with van der Waals surface area (Å²) in [7, 11) is -15.9. The Morgan fingerprint density at radius 1 is 0.464 bits per heavy atom. The molecule has 0 fully saturated rings. The van der Waals surface area contributed by atoms with Gasteiger partial charge in [0.25, 0.3) is 30.4 Å². The van der Waals surface area contributed by atoms with E-state index in [2.05, 4.69) is 31.6 Å². The average Bonchev–Trinajstić information content (AvgIpc) is 0.898. The summed E-state index contributed by atoms with van der Waals surface area (Å²) in [5.74, 6) is -6.21. The van der Waals surface area contributed by atoms with Crippen LogP contribution < -0.4 is 31.9 Å². The predicted octanol–water partition coefficient (Wildman–Crippen LogP) is 9.85. The van der Waals surface area contributed by atoms with Crippen molar-refractivity contribution in [3.8, 4) is 22.5 Å². The second-order valence-electron chi connectivity index (χ2n) is 19.0. The van der Waals surface area contributed by atoms with Gasteiger partial charge >= 0.3 is 35.9 Å². The molecular weight excluding hydrogens is 1160 g/mol. The first kappa shape index (κ1) is 60.1.